The molecule has 0 spiro atoms. The summed E-state index contributed by atoms with van der Waals surface area (Å²) in [7, 11) is 0. The van der Waals surface area contributed by atoms with E-state index in [0.29, 0.717) is 18.6 Å². The number of carbonyl (C=O) groups excluding carboxylic acids is 1. The number of rotatable bonds is 3. The predicted molar refractivity (Wildman–Crippen MR) is 79.5 cm³/mol. The zero-order valence-electron chi connectivity index (χ0n) is 12.1. The van der Waals surface area contributed by atoms with Crippen molar-refractivity contribution < 1.29 is 13.9 Å². The summed E-state index contributed by atoms with van der Waals surface area (Å²) in [6.07, 6.45) is 3.96. The Bertz CT molecular complexity index is 414. The average Bonchev–Trinajstić information content (AvgIpc) is 2.49. The first kappa shape index (κ1) is 16.4. The van der Waals surface area contributed by atoms with E-state index < -0.39 is 6.17 Å². The summed E-state index contributed by atoms with van der Waals surface area (Å²) in [5.41, 5.74) is 1.42. The number of allylic oxidation sites excluding steroid dienone is 1. The van der Waals surface area contributed by atoms with Crippen molar-refractivity contribution in [3.8, 4) is 0 Å². The van der Waals surface area contributed by atoms with Gasteiger partial charge in [-0.05, 0) is 49.8 Å². The van der Waals surface area contributed by atoms with E-state index >= 15 is 0 Å². The van der Waals surface area contributed by atoms with Crippen molar-refractivity contribution in [2.45, 2.75) is 45.2 Å². The molecule has 0 heterocycles. The van der Waals surface area contributed by atoms with Gasteiger partial charge in [0.25, 0.3) is 0 Å². The number of alkyl halides is 1. The highest BCUT2D eigenvalue weighted by atomic mass is 19.1. The summed E-state index contributed by atoms with van der Waals surface area (Å²) in [5.74, 6) is -0.238. The summed E-state index contributed by atoms with van der Waals surface area (Å²) in [4.78, 5) is 11.2. The predicted octanol–water partition coefficient (Wildman–Crippen LogP) is 4.71. The van der Waals surface area contributed by atoms with Crippen LogP contribution in [0.15, 0.2) is 42.5 Å². The maximum absolute atomic E-state index is 12.5. The fourth-order valence-electron chi connectivity index (χ4n) is 1.89. The van der Waals surface area contributed by atoms with E-state index in [9.17, 15) is 9.18 Å². The summed E-state index contributed by atoms with van der Waals surface area (Å²) in [6.45, 7) is 6.08. The fourth-order valence-corrected chi connectivity index (χ4v) is 1.89. The van der Waals surface area contributed by atoms with Gasteiger partial charge in [-0.3, -0.25) is 0 Å². The molecule has 0 aliphatic heterocycles. The molecular weight excluding hydrogens is 255 g/mol. The van der Waals surface area contributed by atoms with Crippen LogP contribution in [0.25, 0.3) is 0 Å². The number of hydrogen-bond acceptors (Lipinski definition) is 2. The molecule has 1 aliphatic carbocycles. The van der Waals surface area contributed by atoms with Crippen LogP contribution in [0.1, 0.15) is 49.4 Å². The molecule has 110 valence electrons. The Balaban J connectivity index is 0.000000217. The van der Waals surface area contributed by atoms with E-state index in [2.05, 4.69) is 6.58 Å². The molecule has 2 rings (SSSR count). The number of ether oxygens (including phenoxy) is 1. The van der Waals surface area contributed by atoms with Gasteiger partial charge in [-0.15, -0.1) is 0 Å². The second-order valence-electron chi connectivity index (χ2n) is 4.87. The molecule has 1 fully saturated rings. The van der Waals surface area contributed by atoms with Gasteiger partial charge in [-0.2, -0.15) is 0 Å². The van der Waals surface area contributed by atoms with E-state index in [1.807, 2.05) is 25.1 Å². The molecular formula is C17H23FO2. The van der Waals surface area contributed by atoms with Gasteiger partial charge in [0.05, 0.1) is 12.2 Å². The highest BCUT2D eigenvalue weighted by Gasteiger charge is 2.14. The van der Waals surface area contributed by atoms with Gasteiger partial charge in [-0.25, -0.2) is 9.18 Å². The lowest BCUT2D eigenvalue weighted by Gasteiger charge is -2.16. The van der Waals surface area contributed by atoms with E-state index in [-0.39, 0.29) is 5.97 Å². The lowest BCUT2D eigenvalue weighted by atomic mass is 9.95. The Morgan fingerprint density at radius 2 is 2.05 bits per heavy atom. The molecule has 1 aromatic rings. The topological polar surface area (TPSA) is 26.3 Å². The van der Waals surface area contributed by atoms with Crippen LogP contribution in [-0.2, 0) is 4.74 Å². The highest BCUT2D eigenvalue weighted by Crippen LogP contribution is 2.23. The molecule has 1 aliphatic rings. The molecule has 1 unspecified atom stereocenters. The van der Waals surface area contributed by atoms with Gasteiger partial charge in [0.2, 0.25) is 0 Å². The third kappa shape index (κ3) is 6.00. The van der Waals surface area contributed by atoms with Gasteiger partial charge in [0, 0.05) is 0 Å². The van der Waals surface area contributed by atoms with Crippen LogP contribution in [0, 0.1) is 0 Å². The quantitative estimate of drug-likeness (QED) is 0.591. The van der Waals surface area contributed by atoms with Gasteiger partial charge in [0.1, 0.15) is 6.17 Å². The number of esters is 1. The van der Waals surface area contributed by atoms with Gasteiger partial charge in [0.15, 0.2) is 0 Å². The fraction of sp³-hybridized carbons (Fsp3) is 0.471. The molecule has 0 radical (unpaired) electrons. The molecule has 0 amide bonds. The van der Waals surface area contributed by atoms with E-state index in [1.165, 1.54) is 0 Å². The minimum atomic E-state index is -0.691. The molecule has 0 bridgehead atoms. The summed E-state index contributed by atoms with van der Waals surface area (Å²) in [6, 6.07) is 9.01. The first-order chi connectivity index (χ1) is 9.65. The molecule has 1 atom stereocenters. The monoisotopic (exact) mass is 278 g/mol. The van der Waals surface area contributed by atoms with E-state index in [0.717, 1.165) is 31.3 Å². The Kier molecular flexibility index (Phi) is 7.63. The normalized spacial score (nSPS) is 17.9. The van der Waals surface area contributed by atoms with Crippen molar-refractivity contribution in [3.05, 3.63) is 48.0 Å². The maximum Gasteiger partial charge on any atom is 0.338 e. The SMILES string of the molecule is C=C1CCCCC1F.CCCOC(=O)c1ccccc1. The first-order valence-electron chi connectivity index (χ1n) is 7.19. The molecule has 20 heavy (non-hydrogen) atoms. The Labute approximate surface area is 120 Å². The van der Waals surface area contributed by atoms with Gasteiger partial charge in [-0.1, -0.05) is 31.7 Å². The van der Waals surface area contributed by atoms with Gasteiger partial charge < -0.3 is 4.74 Å². The second kappa shape index (κ2) is 9.29. The van der Waals surface area contributed by atoms with Crippen molar-refractivity contribution in [1.82, 2.24) is 0 Å². The average molecular weight is 278 g/mol. The molecule has 0 aromatic heterocycles. The summed E-state index contributed by atoms with van der Waals surface area (Å²) >= 11 is 0. The van der Waals surface area contributed by atoms with Crippen LogP contribution in [0.5, 0.6) is 0 Å². The Morgan fingerprint density at radius 1 is 1.35 bits per heavy atom. The molecule has 0 N–H and O–H groups in total. The molecule has 2 nitrogen and oxygen atoms in total. The zero-order chi connectivity index (χ0) is 14.8. The lowest BCUT2D eigenvalue weighted by molar-refractivity contribution is 0.0505. The van der Waals surface area contributed by atoms with Crippen molar-refractivity contribution >= 4 is 5.97 Å². The summed E-state index contributed by atoms with van der Waals surface area (Å²) < 4.78 is 17.4. The third-order valence-corrected chi connectivity index (χ3v) is 3.10. The minimum absolute atomic E-state index is 0.238. The van der Waals surface area contributed by atoms with Crippen LogP contribution in [-0.4, -0.2) is 18.7 Å². The Hall–Kier alpha value is -1.64. The van der Waals surface area contributed by atoms with Crippen molar-refractivity contribution in [2.24, 2.45) is 0 Å². The van der Waals surface area contributed by atoms with E-state index in [1.54, 1.807) is 12.1 Å². The van der Waals surface area contributed by atoms with Crippen LogP contribution < -0.4 is 0 Å². The lowest BCUT2D eigenvalue weighted by Crippen LogP contribution is -2.08. The zero-order valence-corrected chi connectivity index (χ0v) is 12.1. The molecule has 0 saturated heterocycles. The summed E-state index contributed by atoms with van der Waals surface area (Å²) in [5, 5.41) is 0. The van der Waals surface area contributed by atoms with E-state index in [4.69, 9.17) is 4.74 Å². The minimum Gasteiger partial charge on any atom is -0.462 e. The Morgan fingerprint density at radius 3 is 2.55 bits per heavy atom. The highest BCUT2D eigenvalue weighted by molar-refractivity contribution is 5.89. The second-order valence-corrected chi connectivity index (χ2v) is 4.87. The molecule has 1 saturated carbocycles. The van der Waals surface area contributed by atoms with Crippen molar-refractivity contribution in [1.29, 1.82) is 0 Å². The number of benzene rings is 1. The standard InChI is InChI=1S/C10H12O2.C7H11F/c1-2-8-12-10(11)9-6-4-3-5-7-9;1-6-4-2-3-5-7(6)8/h3-7H,2,8H2,1H3;7H,1-5H2. The first-order valence-corrected chi connectivity index (χ1v) is 7.19. The largest absolute Gasteiger partial charge is 0.462 e. The van der Waals surface area contributed by atoms with Crippen LogP contribution in [0.3, 0.4) is 0 Å². The number of hydrogen-bond donors (Lipinski definition) is 0. The number of halogens is 1. The third-order valence-electron chi connectivity index (χ3n) is 3.10. The van der Waals surface area contributed by atoms with Crippen LogP contribution in [0.4, 0.5) is 4.39 Å². The van der Waals surface area contributed by atoms with Crippen LogP contribution in [0.2, 0.25) is 0 Å². The molecule has 3 heteroatoms. The smallest absolute Gasteiger partial charge is 0.338 e. The van der Waals surface area contributed by atoms with Crippen molar-refractivity contribution in [3.63, 3.8) is 0 Å². The number of carbonyl (C=O) groups is 1. The molecule has 1 aromatic carbocycles. The van der Waals surface area contributed by atoms with Crippen molar-refractivity contribution in [2.75, 3.05) is 6.61 Å². The maximum atomic E-state index is 12.5. The van der Waals surface area contributed by atoms with Gasteiger partial charge >= 0.3 is 5.97 Å². The van der Waals surface area contributed by atoms with Crippen LogP contribution >= 0.6 is 0 Å².